The van der Waals surface area contributed by atoms with Crippen LogP contribution in [0.3, 0.4) is 0 Å². The Balaban J connectivity index is 1.87. The molecule has 0 radical (unpaired) electrons. The second-order valence-corrected chi connectivity index (χ2v) is 5.95. The SMILES string of the molecule is OC1(c2cc(F)c(C(F)(F)F)c(F)c2)CCC2(CC1)OCCO2. The molecule has 2 aliphatic rings. The van der Waals surface area contributed by atoms with Crippen LogP contribution in [-0.2, 0) is 21.3 Å². The van der Waals surface area contributed by atoms with Gasteiger partial charge < -0.3 is 14.6 Å². The van der Waals surface area contributed by atoms with Crippen LogP contribution in [0.1, 0.15) is 36.8 Å². The number of halogens is 5. The Labute approximate surface area is 129 Å². The highest BCUT2D eigenvalue weighted by molar-refractivity contribution is 5.32. The topological polar surface area (TPSA) is 38.7 Å². The molecule has 8 heteroatoms. The maximum atomic E-state index is 13.7. The summed E-state index contributed by atoms with van der Waals surface area (Å²) in [6.45, 7) is 0.865. The minimum atomic E-state index is -5.13. The van der Waals surface area contributed by atoms with Crippen molar-refractivity contribution in [3.63, 3.8) is 0 Å². The normalized spacial score (nSPS) is 23.4. The lowest BCUT2D eigenvalue weighted by Gasteiger charge is -2.40. The first kappa shape index (κ1) is 16.6. The molecule has 1 spiro atoms. The van der Waals surface area contributed by atoms with E-state index < -0.39 is 34.8 Å². The molecule has 2 fully saturated rings. The Morgan fingerprint density at radius 1 is 0.913 bits per heavy atom. The summed E-state index contributed by atoms with van der Waals surface area (Å²) in [6, 6.07) is 1.11. The summed E-state index contributed by atoms with van der Waals surface area (Å²) in [5.74, 6) is -4.25. The smallest absolute Gasteiger partial charge is 0.385 e. The van der Waals surface area contributed by atoms with Gasteiger partial charge in [-0.05, 0) is 30.5 Å². The van der Waals surface area contributed by atoms with Crippen molar-refractivity contribution in [1.82, 2.24) is 0 Å². The van der Waals surface area contributed by atoms with E-state index in [2.05, 4.69) is 0 Å². The van der Waals surface area contributed by atoms with Crippen LogP contribution in [0.15, 0.2) is 12.1 Å². The van der Waals surface area contributed by atoms with E-state index in [1.165, 1.54) is 0 Å². The third kappa shape index (κ3) is 2.95. The maximum Gasteiger partial charge on any atom is 0.422 e. The van der Waals surface area contributed by atoms with E-state index in [-0.39, 0.29) is 18.4 Å². The van der Waals surface area contributed by atoms with Gasteiger partial charge in [-0.25, -0.2) is 8.78 Å². The van der Waals surface area contributed by atoms with Crippen molar-refractivity contribution in [3.05, 3.63) is 34.9 Å². The van der Waals surface area contributed by atoms with Crippen molar-refractivity contribution in [2.45, 2.75) is 43.2 Å². The molecule has 3 nitrogen and oxygen atoms in total. The van der Waals surface area contributed by atoms with E-state index in [0.29, 0.717) is 38.2 Å². The van der Waals surface area contributed by atoms with E-state index in [0.717, 1.165) is 0 Å². The van der Waals surface area contributed by atoms with Crippen LogP contribution < -0.4 is 0 Å². The van der Waals surface area contributed by atoms with E-state index in [1.54, 1.807) is 0 Å². The van der Waals surface area contributed by atoms with Crippen LogP contribution in [0.25, 0.3) is 0 Å². The van der Waals surface area contributed by atoms with Gasteiger partial charge in [-0.3, -0.25) is 0 Å². The number of benzene rings is 1. The van der Waals surface area contributed by atoms with Gasteiger partial charge in [0, 0.05) is 12.8 Å². The highest BCUT2D eigenvalue weighted by Crippen LogP contribution is 2.46. The van der Waals surface area contributed by atoms with Crippen LogP contribution in [0.4, 0.5) is 22.0 Å². The average molecular weight is 338 g/mol. The Morgan fingerprint density at radius 3 is 1.83 bits per heavy atom. The van der Waals surface area contributed by atoms with Gasteiger partial charge in [0.05, 0.1) is 18.8 Å². The fourth-order valence-electron chi connectivity index (χ4n) is 3.23. The number of alkyl halides is 3. The highest BCUT2D eigenvalue weighted by atomic mass is 19.4. The fraction of sp³-hybridized carbons (Fsp3) is 0.600. The molecule has 0 bridgehead atoms. The summed E-state index contributed by atoms with van der Waals surface area (Å²) < 4.78 is 76.2. The predicted octanol–water partition coefficient (Wildman–Crippen LogP) is 3.49. The van der Waals surface area contributed by atoms with Gasteiger partial charge >= 0.3 is 6.18 Å². The molecule has 3 rings (SSSR count). The van der Waals surface area contributed by atoms with Crippen LogP contribution >= 0.6 is 0 Å². The summed E-state index contributed by atoms with van der Waals surface area (Å²) in [5, 5.41) is 10.6. The number of hydrogen-bond donors (Lipinski definition) is 1. The summed E-state index contributed by atoms with van der Waals surface area (Å²) in [5.41, 5.74) is -3.75. The number of aliphatic hydroxyl groups is 1. The first-order chi connectivity index (χ1) is 10.7. The van der Waals surface area contributed by atoms with Crippen molar-refractivity contribution >= 4 is 0 Å². The molecule has 1 aromatic carbocycles. The molecule has 1 saturated carbocycles. The predicted molar refractivity (Wildman–Crippen MR) is 68.4 cm³/mol. The molecular formula is C15H15F5O3. The van der Waals surface area contributed by atoms with Crippen LogP contribution in [0.2, 0.25) is 0 Å². The maximum absolute atomic E-state index is 13.7. The zero-order valence-electron chi connectivity index (χ0n) is 12.1. The molecule has 1 heterocycles. The Bertz CT molecular complexity index is 575. The summed E-state index contributed by atoms with van der Waals surface area (Å²) in [4.78, 5) is 0. The van der Waals surface area contributed by atoms with Crippen molar-refractivity contribution in [3.8, 4) is 0 Å². The molecule has 1 aliphatic carbocycles. The molecule has 0 amide bonds. The van der Waals surface area contributed by atoms with Crippen LogP contribution in [0.5, 0.6) is 0 Å². The van der Waals surface area contributed by atoms with Gasteiger partial charge in [-0.15, -0.1) is 0 Å². The minimum absolute atomic E-state index is 0.0806. The number of hydrogen-bond acceptors (Lipinski definition) is 3. The van der Waals surface area contributed by atoms with Gasteiger partial charge in [0.2, 0.25) is 0 Å². The van der Waals surface area contributed by atoms with E-state index in [9.17, 15) is 27.1 Å². The molecule has 1 N–H and O–H groups in total. The lowest BCUT2D eigenvalue weighted by atomic mass is 9.77. The molecule has 23 heavy (non-hydrogen) atoms. The molecule has 1 aliphatic heterocycles. The third-order valence-corrected chi connectivity index (χ3v) is 4.52. The second-order valence-electron chi connectivity index (χ2n) is 5.95. The lowest BCUT2D eigenvalue weighted by molar-refractivity contribution is -0.204. The Hall–Kier alpha value is -1.25. The van der Waals surface area contributed by atoms with E-state index in [4.69, 9.17) is 9.47 Å². The first-order valence-corrected chi connectivity index (χ1v) is 7.22. The first-order valence-electron chi connectivity index (χ1n) is 7.22. The monoisotopic (exact) mass is 338 g/mol. The molecule has 0 unspecified atom stereocenters. The third-order valence-electron chi connectivity index (χ3n) is 4.52. The number of ether oxygens (including phenoxy) is 2. The van der Waals surface area contributed by atoms with Crippen molar-refractivity contribution < 1.29 is 36.5 Å². The van der Waals surface area contributed by atoms with Crippen LogP contribution in [0, 0.1) is 11.6 Å². The van der Waals surface area contributed by atoms with Gasteiger partial charge in [-0.1, -0.05) is 0 Å². The van der Waals surface area contributed by atoms with Gasteiger partial charge in [0.1, 0.15) is 17.2 Å². The summed E-state index contributed by atoms with van der Waals surface area (Å²) in [7, 11) is 0. The van der Waals surface area contributed by atoms with Gasteiger partial charge in [0.25, 0.3) is 0 Å². The molecule has 0 atom stereocenters. The van der Waals surface area contributed by atoms with Crippen LogP contribution in [-0.4, -0.2) is 24.1 Å². The highest BCUT2D eigenvalue weighted by Gasteiger charge is 2.47. The van der Waals surface area contributed by atoms with Crippen molar-refractivity contribution in [2.24, 2.45) is 0 Å². The Morgan fingerprint density at radius 2 is 1.39 bits per heavy atom. The quantitative estimate of drug-likeness (QED) is 0.797. The number of rotatable bonds is 1. The summed E-state index contributed by atoms with van der Waals surface area (Å²) in [6.07, 6.45) is -4.37. The minimum Gasteiger partial charge on any atom is -0.385 e. The fourth-order valence-corrected chi connectivity index (χ4v) is 3.23. The second kappa shape index (κ2) is 5.39. The lowest BCUT2D eigenvalue weighted by Crippen LogP contribution is -2.42. The van der Waals surface area contributed by atoms with E-state index in [1.807, 2.05) is 0 Å². The average Bonchev–Trinajstić information content (AvgIpc) is 2.89. The van der Waals surface area contributed by atoms with Crippen molar-refractivity contribution in [2.75, 3.05) is 13.2 Å². The largest absolute Gasteiger partial charge is 0.422 e. The summed E-state index contributed by atoms with van der Waals surface area (Å²) >= 11 is 0. The van der Waals surface area contributed by atoms with Gasteiger partial charge in [-0.2, -0.15) is 13.2 Å². The molecule has 1 aromatic rings. The standard InChI is InChI=1S/C15H15F5O3/c16-10-7-9(8-11(17)12(10)15(18,19)20)13(21)1-3-14(4-2-13)22-5-6-23-14/h7-8,21H,1-6H2. The van der Waals surface area contributed by atoms with E-state index >= 15 is 0 Å². The molecule has 1 saturated heterocycles. The van der Waals surface area contributed by atoms with Gasteiger partial charge in [0.15, 0.2) is 5.79 Å². The molecule has 128 valence electrons. The van der Waals surface area contributed by atoms with Crippen molar-refractivity contribution in [1.29, 1.82) is 0 Å². The Kier molecular flexibility index (Phi) is 3.89. The molecular weight excluding hydrogens is 323 g/mol. The zero-order chi connectivity index (χ0) is 16.9. The molecule has 0 aromatic heterocycles. The zero-order valence-corrected chi connectivity index (χ0v) is 12.1.